The summed E-state index contributed by atoms with van der Waals surface area (Å²) in [6.07, 6.45) is 0. The highest BCUT2D eigenvalue weighted by atomic mass is 35.5. The number of fused-ring (bicyclic) bond motifs is 1. The van der Waals surface area contributed by atoms with Gasteiger partial charge in [0.15, 0.2) is 0 Å². The average molecular weight is 437 g/mol. The molecule has 4 N–H and O–H groups in total. The first-order chi connectivity index (χ1) is 14.6. The van der Waals surface area contributed by atoms with Crippen LogP contribution in [0.5, 0.6) is 0 Å². The van der Waals surface area contributed by atoms with Gasteiger partial charge in [0.05, 0.1) is 28.5 Å². The van der Waals surface area contributed by atoms with Crippen molar-refractivity contribution in [1.29, 1.82) is 0 Å². The summed E-state index contributed by atoms with van der Waals surface area (Å²) < 4.78 is 2.25. The van der Waals surface area contributed by atoms with Gasteiger partial charge in [0, 0.05) is 23.8 Å². The number of halogens is 1. The highest BCUT2D eigenvalue weighted by molar-refractivity contribution is 6.30. The number of aryl methyl sites for hydroxylation is 2. The van der Waals surface area contributed by atoms with E-state index in [0.717, 1.165) is 45.4 Å². The van der Waals surface area contributed by atoms with Crippen LogP contribution in [0.3, 0.4) is 0 Å². The molecule has 0 bridgehead atoms. The van der Waals surface area contributed by atoms with E-state index in [2.05, 4.69) is 36.0 Å². The molecule has 0 aliphatic carbocycles. The first-order valence-electron chi connectivity index (χ1n) is 10.3. The molecule has 1 unspecified atom stereocenters. The zero-order valence-electron chi connectivity index (χ0n) is 18.6. The van der Waals surface area contributed by atoms with Gasteiger partial charge in [0.2, 0.25) is 0 Å². The Bertz CT molecular complexity index is 1160. The maximum Gasteiger partial charge on any atom is 0.106 e. The molecule has 7 heteroatoms. The summed E-state index contributed by atoms with van der Waals surface area (Å²) in [6.45, 7) is 12.9. The highest BCUT2D eigenvalue weighted by Gasteiger charge is 2.40. The smallest absolute Gasteiger partial charge is 0.106 e. The third-order valence-electron chi connectivity index (χ3n) is 5.91. The van der Waals surface area contributed by atoms with Gasteiger partial charge in [-0.25, -0.2) is 10.8 Å². The van der Waals surface area contributed by atoms with Gasteiger partial charge in [-0.15, -0.1) is 0 Å². The summed E-state index contributed by atoms with van der Waals surface area (Å²) in [5.41, 5.74) is 13.7. The maximum atomic E-state index is 6.30. The van der Waals surface area contributed by atoms with Crippen LogP contribution in [-0.4, -0.2) is 16.6 Å². The Morgan fingerprint density at radius 2 is 1.81 bits per heavy atom. The number of anilines is 3. The van der Waals surface area contributed by atoms with Crippen molar-refractivity contribution < 1.29 is 0 Å². The third-order valence-corrected chi connectivity index (χ3v) is 6.16. The number of nitrogens with two attached hydrogens (primary N) is 2. The van der Waals surface area contributed by atoms with E-state index >= 15 is 0 Å². The minimum atomic E-state index is -0.127. The Hall–Kier alpha value is -2.96. The molecule has 2 aromatic carbocycles. The van der Waals surface area contributed by atoms with Crippen molar-refractivity contribution in [3.05, 3.63) is 76.3 Å². The van der Waals surface area contributed by atoms with Crippen molar-refractivity contribution in [3.63, 3.8) is 0 Å². The molecule has 6 nitrogen and oxygen atoms in total. The Balaban J connectivity index is 1.97. The van der Waals surface area contributed by atoms with E-state index in [1.165, 1.54) is 0 Å². The molecular formula is C24H29ClN6. The number of nitrogen functional groups attached to an aromatic ring is 1. The molecule has 162 valence electrons. The van der Waals surface area contributed by atoms with Gasteiger partial charge in [-0.3, -0.25) is 0 Å². The molecule has 0 radical (unpaired) electrons. The third kappa shape index (κ3) is 3.36. The summed E-state index contributed by atoms with van der Waals surface area (Å²) >= 11 is 6.18. The summed E-state index contributed by atoms with van der Waals surface area (Å²) in [7, 11) is 1.79. The number of benzene rings is 2. The zero-order chi connectivity index (χ0) is 22.6. The van der Waals surface area contributed by atoms with E-state index < -0.39 is 0 Å². The second-order valence-electron chi connectivity index (χ2n) is 8.43. The van der Waals surface area contributed by atoms with Crippen molar-refractivity contribution in [3.8, 4) is 0 Å². The Labute approximate surface area is 188 Å². The second-order valence-corrected chi connectivity index (χ2v) is 8.87. The molecule has 31 heavy (non-hydrogen) atoms. The molecule has 0 spiro atoms. The van der Waals surface area contributed by atoms with Crippen LogP contribution < -0.4 is 21.5 Å². The lowest BCUT2D eigenvalue weighted by atomic mass is 10.0. The molecule has 0 saturated heterocycles. The van der Waals surface area contributed by atoms with Gasteiger partial charge in [-0.2, -0.15) is 0 Å². The molecule has 0 amide bonds. The minimum absolute atomic E-state index is 0.127. The SMILES string of the molecule is C=C1c2c(nc(C)n2C(C)C)C(c2ccc(Cl)cc2)N1c1cc(C)c(N)c(N(C)N)c1. The van der Waals surface area contributed by atoms with E-state index in [-0.39, 0.29) is 12.1 Å². The minimum Gasteiger partial charge on any atom is -0.397 e. The lowest BCUT2D eigenvalue weighted by Crippen LogP contribution is -2.28. The lowest BCUT2D eigenvalue weighted by Gasteiger charge is -2.30. The number of rotatable bonds is 4. The van der Waals surface area contributed by atoms with Crippen LogP contribution in [-0.2, 0) is 0 Å². The largest absolute Gasteiger partial charge is 0.397 e. The summed E-state index contributed by atoms with van der Waals surface area (Å²) in [5, 5.41) is 2.25. The van der Waals surface area contributed by atoms with Crippen molar-refractivity contribution in [2.45, 2.75) is 39.8 Å². The second kappa shape index (κ2) is 7.62. The van der Waals surface area contributed by atoms with Gasteiger partial charge >= 0.3 is 0 Å². The predicted molar refractivity (Wildman–Crippen MR) is 130 cm³/mol. The average Bonchev–Trinajstić information content (AvgIpc) is 3.17. The van der Waals surface area contributed by atoms with Crippen LogP contribution in [0.15, 0.2) is 43.0 Å². The molecule has 1 aliphatic heterocycles. The monoisotopic (exact) mass is 436 g/mol. The van der Waals surface area contributed by atoms with Crippen LogP contribution in [0.1, 0.15) is 54.3 Å². The number of hydrazine groups is 1. The fourth-order valence-corrected chi connectivity index (χ4v) is 4.64. The van der Waals surface area contributed by atoms with E-state index in [1.807, 2.05) is 44.2 Å². The molecule has 1 atom stereocenters. The Morgan fingerprint density at radius 1 is 1.16 bits per heavy atom. The van der Waals surface area contributed by atoms with Crippen LogP contribution in [0, 0.1) is 13.8 Å². The molecule has 1 aromatic heterocycles. The normalized spacial score (nSPS) is 15.7. The van der Waals surface area contributed by atoms with Crippen molar-refractivity contribution in [2.75, 3.05) is 22.7 Å². The summed E-state index contributed by atoms with van der Waals surface area (Å²) in [4.78, 5) is 7.20. The van der Waals surface area contributed by atoms with Crippen molar-refractivity contribution in [2.24, 2.45) is 5.84 Å². The van der Waals surface area contributed by atoms with E-state index in [0.29, 0.717) is 10.7 Å². The zero-order valence-corrected chi connectivity index (χ0v) is 19.4. The van der Waals surface area contributed by atoms with Crippen LogP contribution in [0.25, 0.3) is 5.70 Å². The van der Waals surface area contributed by atoms with E-state index in [4.69, 9.17) is 28.2 Å². The molecule has 2 heterocycles. The van der Waals surface area contributed by atoms with Gasteiger partial charge in [-0.05, 0) is 63.1 Å². The standard InChI is InChI=1S/C24H29ClN6/c1-13(2)30-16(5)28-22-23(30)15(4)31(24(22)17-7-9-18(25)10-8-17)19-11-14(3)21(26)20(12-19)29(6)27/h7-13,24H,4,26-27H2,1-3,5-6H3. The number of hydrogen-bond acceptors (Lipinski definition) is 5. The number of aromatic nitrogens is 2. The molecule has 4 rings (SSSR count). The van der Waals surface area contributed by atoms with Crippen LogP contribution in [0.2, 0.25) is 5.02 Å². The highest BCUT2D eigenvalue weighted by Crippen LogP contribution is 2.49. The quantitative estimate of drug-likeness (QED) is 0.333. The van der Waals surface area contributed by atoms with Gasteiger partial charge < -0.3 is 20.2 Å². The topological polar surface area (TPSA) is 76.3 Å². The van der Waals surface area contributed by atoms with E-state index in [1.54, 1.807) is 12.1 Å². The van der Waals surface area contributed by atoms with Crippen molar-refractivity contribution in [1.82, 2.24) is 9.55 Å². The van der Waals surface area contributed by atoms with Gasteiger partial charge in [0.1, 0.15) is 11.9 Å². The molecule has 1 aliphatic rings. The first kappa shape index (κ1) is 21.3. The maximum absolute atomic E-state index is 6.30. The number of imidazole rings is 1. The van der Waals surface area contributed by atoms with Gasteiger partial charge in [-0.1, -0.05) is 30.3 Å². The van der Waals surface area contributed by atoms with Crippen LogP contribution >= 0.6 is 11.6 Å². The summed E-state index contributed by atoms with van der Waals surface area (Å²) in [6, 6.07) is 12.1. The molecule has 3 aromatic rings. The van der Waals surface area contributed by atoms with Crippen LogP contribution in [0.4, 0.5) is 17.1 Å². The van der Waals surface area contributed by atoms with E-state index in [9.17, 15) is 0 Å². The number of nitrogens with zero attached hydrogens (tertiary/aromatic N) is 4. The Kier molecular flexibility index (Phi) is 5.23. The fourth-order valence-electron chi connectivity index (χ4n) is 4.52. The summed E-state index contributed by atoms with van der Waals surface area (Å²) in [5.74, 6) is 7.06. The predicted octanol–water partition coefficient (Wildman–Crippen LogP) is 5.21. The molecular weight excluding hydrogens is 408 g/mol. The fraction of sp³-hybridized carbons (Fsp3) is 0.292. The lowest BCUT2D eigenvalue weighted by molar-refractivity contribution is 0.577. The molecule has 0 saturated carbocycles. The first-order valence-corrected chi connectivity index (χ1v) is 10.7. The Morgan fingerprint density at radius 3 is 2.39 bits per heavy atom. The van der Waals surface area contributed by atoms with Crippen molar-refractivity contribution >= 4 is 34.4 Å². The molecule has 0 fully saturated rings. The van der Waals surface area contributed by atoms with Gasteiger partial charge in [0.25, 0.3) is 0 Å². The number of hydrogen-bond donors (Lipinski definition) is 2.